The van der Waals surface area contributed by atoms with E-state index in [1.165, 1.54) is 51.4 Å². The first-order chi connectivity index (χ1) is 21.8. The third-order valence-electron chi connectivity index (χ3n) is 10.1. The van der Waals surface area contributed by atoms with Crippen molar-refractivity contribution in [3.63, 3.8) is 0 Å². The van der Waals surface area contributed by atoms with Gasteiger partial charge in [-0.25, -0.2) is 4.79 Å². The van der Waals surface area contributed by atoms with Crippen LogP contribution in [0.25, 0.3) is 0 Å². The molecule has 0 aromatic heterocycles. The molecule has 1 unspecified atom stereocenters. The van der Waals surface area contributed by atoms with Gasteiger partial charge in [0.05, 0.1) is 48.8 Å². The second-order valence-corrected chi connectivity index (χ2v) is 14.2. The number of carbonyl (C=O) groups excluding carboxylic acids is 1. The summed E-state index contributed by atoms with van der Waals surface area (Å²) >= 11 is 0. The number of esters is 1. The predicted molar refractivity (Wildman–Crippen MR) is 177 cm³/mol. The lowest BCUT2D eigenvalue weighted by atomic mass is 9.99. The van der Waals surface area contributed by atoms with E-state index in [0.29, 0.717) is 24.8 Å². The number of aliphatic hydroxyl groups is 4. The lowest BCUT2D eigenvalue weighted by molar-refractivity contribution is -0.139. The Morgan fingerprint density at radius 2 is 1.18 bits per heavy atom. The van der Waals surface area contributed by atoms with Crippen molar-refractivity contribution in [1.82, 2.24) is 0 Å². The summed E-state index contributed by atoms with van der Waals surface area (Å²) in [6, 6.07) is 0. The molecular weight excluding hydrogens is 572 g/mol. The van der Waals surface area contributed by atoms with Gasteiger partial charge in [-0.15, -0.1) is 0 Å². The molecule has 0 saturated carbocycles. The van der Waals surface area contributed by atoms with E-state index in [-0.39, 0.29) is 36.5 Å². The maximum absolute atomic E-state index is 11.7. The smallest absolute Gasteiger partial charge is 0.334 e. The first-order valence-electron chi connectivity index (χ1n) is 18.7. The van der Waals surface area contributed by atoms with Crippen molar-refractivity contribution in [2.75, 3.05) is 0 Å². The molecule has 4 N–H and O–H groups in total. The van der Waals surface area contributed by atoms with E-state index in [4.69, 9.17) is 14.2 Å². The van der Waals surface area contributed by atoms with Crippen LogP contribution in [0.15, 0.2) is 11.6 Å². The van der Waals surface area contributed by atoms with Crippen LogP contribution < -0.4 is 0 Å². The maximum Gasteiger partial charge on any atom is 0.334 e. The Bertz CT molecular complexity index is 833. The van der Waals surface area contributed by atoms with Gasteiger partial charge in [-0.1, -0.05) is 90.4 Å². The van der Waals surface area contributed by atoms with Gasteiger partial charge >= 0.3 is 5.97 Å². The Hall–Kier alpha value is -1.03. The topological polar surface area (TPSA) is 126 Å². The first kappa shape index (κ1) is 38.4. The monoisotopic (exact) mass is 638 g/mol. The summed E-state index contributed by atoms with van der Waals surface area (Å²) in [6.07, 6.45) is 22.1. The van der Waals surface area contributed by atoms with Gasteiger partial charge in [0.1, 0.15) is 6.10 Å². The van der Waals surface area contributed by atoms with Crippen LogP contribution in [0.2, 0.25) is 0 Å². The molecule has 0 bridgehead atoms. The molecule has 2 saturated heterocycles. The molecule has 3 heterocycles. The van der Waals surface area contributed by atoms with Crippen LogP contribution in [-0.2, 0) is 19.0 Å². The number of hydrogen-bond donors (Lipinski definition) is 4. The SMILES string of the molecule is CCCCC[C@@H](O)[C@@H]1CC[C@@H]([C@@H](O)CC[C@H](O)[C@@H]2CC[C@H](CCCCCCCCCCCCC(O)CC3=C[C@H](C)OC3=O)O2)O1. The number of hydrogen-bond acceptors (Lipinski definition) is 8. The lowest BCUT2D eigenvalue weighted by Gasteiger charge is -2.24. The quantitative estimate of drug-likeness (QED) is 0.0634. The van der Waals surface area contributed by atoms with E-state index in [9.17, 15) is 25.2 Å². The third kappa shape index (κ3) is 14.7. The van der Waals surface area contributed by atoms with Gasteiger partial charge in [0.15, 0.2) is 0 Å². The molecule has 0 spiro atoms. The van der Waals surface area contributed by atoms with Gasteiger partial charge in [0, 0.05) is 12.0 Å². The summed E-state index contributed by atoms with van der Waals surface area (Å²) in [5, 5.41) is 42.0. The van der Waals surface area contributed by atoms with Gasteiger partial charge in [-0.3, -0.25) is 0 Å². The summed E-state index contributed by atoms with van der Waals surface area (Å²) in [5.41, 5.74) is 0.622. The van der Waals surface area contributed by atoms with Gasteiger partial charge < -0.3 is 34.6 Å². The molecule has 8 nitrogen and oxygen atoms in total. The van der Waals surface area contributed by atoms with Crippen molar-refractivity contribution in [2.24, 2.45) is 0 Å². The number of rotatable bonds is 25. The average molecular weight is 639 g/mol. The van der Waals surface area contributed by atoms with Gasteiger partial charge in [-0.05, 0) is 70.8 Å². The summed E-state index contributed by atoms with van der Waals surface area (Å²) in [4.78, 5) is 11.7. The molecule has 45 heavy (non-hydrogen) atoms. The zero-order valence-corrected chi connectivity index (χ0v) is 28.5. The second kappa shape index (κ2) is 21.8. The van der Waals surface area contributed by atoms with Gasteiger partial charge in [0.25, 0.3) is 0 Å². The summed E-state index contributed by atoms with van der Waals surface area (Å²) < 4.78 is 17.3. The van der Waals surface area contributed by atoms with Crippen LogP contribution in [0.3, 0.4) is 0 Å². The highest BCUT2D eigenvalue weighted by atomic mass is 16.5. The third-order valence-corrected chi connectivity index (χ3v) is 10.1. The summed E-state index contributed by atoms with van der Waals surface area (Å²) in [5.74, 6) is -0.277. The van der Waals surface area contributed by atoms with Crippen LogP contribution in [0, 0.1) is 0 Å². The highest BCUT2D eigenvalue weighted by Crippen LogP contribution is 2.31. The second-order valence-electron chi connectivity index (χ2n) is 14.2. The molecule has 3 rings (SSSR count). The average Bonchev–Trinajstić information content (AvgIpc) is 3.77. The van der Waals surface area contributed by atoms with E-state index in [2.05, 4.69) is 6.92 Å². The van der Waals surface area contributed by atoms with Crippen molar-refractivity contribution in [1.29, 1.82) is 0 Å². The molecule has 0 radical (unpaired) electrons. The van der Waals surface area contributed by atoms with Crippen molar-refractivity contribution in [3.05, 3.63) is 11.6 Å². The van der Waals surface area contributed by atoms with E-state index in [1.54, 1.807) is 0 Å². The molecule has 0 amide bonds. The highest BCUT2D eigenvalue weighted by molar-refractivity contribution is 5.90. The zero-order chi connectivity index (χ0) is 32.4. The molecule has 2 fully saturated rings. The summed E-state index contributed by atoms with van der Waals surface area (Å²) in [7, 11) is 0. The fraction of sp³-hybridized carbons (Fsp3) is 0.919. The largest absolute Gasteiger partial charge is 0.455 e. The van der Waals surface area contributed by atoms with Crippen molar-refractivity contribution >= 4 is 5.97 Å². The predicted octanol–water partition coefficient (Wildman–Crippen LogP) is 6.83. The minimum atomic E-state index is -0.609. The Balaban J connectivity index is 1.10. The Labute approximate surface area is 273 Å². The first-order valence-corrected chi connectivity index (χ1v) is 18.7. The van der Waals surface area contributed by atoms with E-state index in [0.717, 1.165) is 77.0 Å². The van der Waals surface area contributed by atoms with Crippen molar-refractivity contribution < 1.29 is 39.4 Å². The van der Waals surface area contributed by atoms with Crippen molar-refractivity contribution in [2.45, 2.75) is 216 Å². The van der Waals surface area contributed by atoms with E-state index in [1.807, 2.05) is 13.0 Å². The number of ether oxygens (including phenoxy) is 3. The van der Waals surface area contributed by atoms with Crippen LogP contribution in [0.5, 0.6) is 0 Å². The molecular formula is C37H66O8. The van der Waals surface area contributed by atoms with E-state index >= 15 is 0 Å². The Morgan fingerprint density at radius 3 is 1.76 bits per heavy atom. The Morgan fingerprint density at radius 1 is 0.667 bits per heavy atom. The van der Waals surface area contributed by atoms with Crippen LogP contribution in [0.1, 0.15) is 162 Å². The highest BCUT2D eigenvalue weighted by Gasteiger charge is 2.36. The molecule has 262 valence electrons. The standard InChI is InChI=1S/C37H66O8/c1-3-4-13-18-31(39)35-23-24-36(45-35)33(41)21-20-32(40)34-22-19-30(44-34)17-15-12-10-8-6-5-7-9-11-14-16-29(38)26-28-25-27(2)43-37(28)42/h25,27,29-36,38-41H,3-24,26H2,1-2H3/t27-,29?,30-,31+,32-,33-,34-,35-,36-/m0/s1. The number of aliphatic hydroxyl groups excluding tert-OH is 4. The number of cyclic esters (lactones) is 1. The van der Waals surface area contributed by atoms with Crippen molar-refractivity contribution in [3.8, 4) is 0 Å². The van der Waals surface area contributed by atoms with E-state index < -0.39 is 24.4 Å². The maximum atomic E-state index is 11.7. The van der Waals surface area contributed by atoms with Crippen LogP contribution in [0.4, 0.5) is 0 Å². The minimum absolute atomic E-state index is 0.129. The normalized spacial score (nSPS) is 27.8. The number of unbranched alkanes of at least 4 members (excludes halogenated alkanes) is 11. The number of carbonyl (C=O) groups is 1. The molecule has 3 aliphatic heterocycles. The molecule has 9 atom stereocenters. The molecule has 0 aromatic carbocycles. The fourth-order valence-corrected chi connectivity index (χ4v) is 7.29. The fourth-order valence-electron chi connectivity index (χ4n) is 7.29. The van der Waals surface area contributed by atoms with Gasteiger partial charge in [0.2, 0.25) is 0 Å². The summed E-state index contributed by atoms with van der Waals surface area (Å²) in [6.45, 7) is 3.99. The molecule has 0 aromatic rings. The zero-order valence-electron chi connectivity index (χ0n) is 28.5. The lowest BCUT2D eigenvalue weighted by Crippen LogP contribution is -2.33. The minimum Gasteiger partial charge on any atom is -0.455 e. The Kier molecular flexibility index (Phi) is 18.6. The van der Waals surface area contributed by atoms with Crippen LogP contribution >= 0.6 is 0 Å². The van der Waals surface area contributed by atoms with Gasteiger partial charge in [-0.2, -0.15) is 0 Å². The van der Waals surface area contributed by atoms with Crippen LogP contribution in [-0.4, -0.2) is 81.3 Å². The molecule has 3 aliphatic rings. The molecule has 8 heteroatoms. The molecule has 0 aliphatic carbocycles.